The second-order valence-electron chi connectivity index (χ2n) is 6.39. The predicted molar refractivity (Wildman–Crippen MR) is 116 cm³/mol. The monoisotopic (exact) mass is 421 g/mol. The molecule has 29 heavy (non-hydrogen) atoms. The summed E-state index contributed by atoms with van der Waals surface area (Å²) in [4.78, 5) is 32.6. The minimum atomic E-state index is -0.503. The minimum absolute atomic E-state index is 0.0928. The van der Waals surface area contributed by atoms with E-state index >= 15 is 0 Å². The van der Waals surface area contributed by atoms with E-state index in [2.05, 4.69) is 39.6 Å². The third-order valence-corrected chi connectivity index (χ3v) is 6.29. The Morgan fingerprint density at radius 3 is 2.72 bits per heavy atom. The van der Waals surface area contributed by atoms with Gasteiger partial charge in [-0.25, -0.2) is 9.97 Å². The van der Waals surface area contributed by atoms with Gasteiger partial charge >= 0.3 is 0 Å². The number of carbonyl (C=O) groups excluding carboxylic acids is 1. The molecule has 0 aliphatic heterocycles. The van der Waals surface area contributed by atoms with Gasteiger partial charge in [0.15, 0.2) is 5.78 Å². The Morgan fingerprint density at radius 1 is 1.17 bits per heavy atom. The highest BCUT2D eigenvalue weighted by atomic mass is 32.2. The summed E-state index contributed by atoms with van der Waals surface area (Å²) in [6, 6.07) is 14.0. The standard InChI is InChI=1S/C21H15N3O3S2/c1-13-5-7-14(8-6-13)17-10-28-20-19(17)21(23-12-22-20)29-11-18(25)15-3-2-4-16(9-15)24(26)27/h2-10,12H,11H2,1H3. The number of nitro groups is 1. The van der Waals surface area contributed by atoms with Crippen molar-refractivity contribution >= 4 is 44.8 Å². The molecule has 0 fully saturated rings. The molecular weight excluding hydrogens is 406 g/mol. The second kappa shape index (κ2) is 8.10. The first-order valence-corrected chi connectivity index (χ1v) is 10.6. The Balaban J connectivity index is 1.62. The first-order chi connectivity index (χ1) is 14.0. The van der Waals surface area contributed by atoms with E-state index in [1.54, 1.807) is 6.07 Å². The third kappa shape index (κ3) is 4.03. The molecule has 8 heteroatoms. The Morgan fingerprint density at radius 2 is 1.97 bits per heavy atom. The molecule has 0 bridgehead atoms. The number of rotatable bonds is 6. The van der Waals surface area contributed by atoms with Crippen LogP contribution in [0.3, 0.4) is 0 Å². The molecule has 0 atom stereocenters. The van der Waals surface area contributed by atoms with Crippen molar-refractivity contribution in [1.29, 1.82) is 0 Å². The van der Waals surface area contributed by atoms with Gasteiger partial charge in [0.05, 0.1) is 16.1 Å². The second-order valence-corrected chi connectivity index (χ2v) is 8.22. The van der Waals surface area contributed by atoms with Gasteiger partial charge in [0.25, 0.3) is 5.69 Å². The normalized spacial score (nSPS) is 10.9. The fraction of sp³-hybridized carbons (Fsp3) is 0.0952. The fourth-order valence-corrected chi connectivity index (χ4v) is 4.80. The number of benzene rings is 2. The Labute approximate surface area is 174 Å². The quantitative estimate of drug-likeness (QED) is 0.133. The number of non-ortho nitro benzene ring substituents is 1. The number of thioether (sulfide) groups is 1. The van der Waals surface area contributed by atoms with E-state index in [0.717, 1.165) is 26.4 Å². The van der Waals surface area contributed by atoms with Crippen LogP contribution in [0.5, 0.6) is 0 Å². The van der Waals surface area contributed by atoms with Gasteiger partial charge in [-0.2, -0.15) is 0 Å². The lowest BCUT2D eigenvalue weighted by atomic mass is 10.1. The lowest BCUT2D eigenvalue weighted by Crippen LogP contribution is -2.03. The van der Waals surface area contributed by atoms with E-state index in [9.17, 15) is 14.9 Å². The lowest BCUT2D eigenvalue weighted by molar-refractivity contribution is -0.384. The van der Waals surface area contributed by atoms with E-state index < -0.39 is 4.92 Å². The zero-order chi connectivity index (χ0) is 20.4. The van der Waals surface area contributed by atoms with Crippen molar-refractivity contribution in [3.05, 3.63) is 81.5 Å². The number of carbonyl (C=O) groups is 1. The molecule has 0 saturated heterocycles. The molecule has 2 aromatic heterocycles. The molecule has 0 aliphatic rings. The van der Waals surface area contributed by atoms with Gasteiger partial charge in [-0.15, -0.1) is 11.3 Å². The number of nitrogens with zero attached hydrogens (tertiary/aromatic N) is 3. The molecule has 2 heterocycles. The Hall–Kier alpha value is -3.10. The zero-order valence-electron chi connectivity index (χ0n) is 15.4. The molecule has 0 spiro atoms. The van der Waals surface area contributed by atoms with Crippen LogP contribution in [-0.2, 0) is 0 Å². The van der Waals surface area contributed by atoms with Crippen LogP contribution in [-0.4, -0.2) is 26.4 Å². The van der Waals surface area contributed by atoms with Crippen molar-refractivity contribution in [3.8, 4) is 11.1 Å². The molecule has 0 amide bonds. The van der Waals surface area contributed by atoms with Gasteiger partial charge < -0.3 is 0 Å². The van der Waals surface area contributed by atoms with Crippen molar-refractivity contribution in [2.45, 2.75) is 11.9 Å². The smallest absolute Gasteiger partial charge is 0.270 e. The molecule has 0 aliphatic carbocycles. The summed E-state index contributed by atoms with van der Waals surface area (Å²) in [6.45, 7) is 2.04. The number of nitro benzene ring substituents is 1. The van der Waals surface area contributed by atoms with Crippen LogP contribution < -0.4 is 0 Å². The van der Waals surface area contributed by atoms with Crippen molar-refractivity contribution < 1.29 is 9.72 Å². The first-order valence-electron chi connectivity index (χ1n) is 8.72. The summed E-state index contributed by atoms with van der Waals surface area (Å²) in [5.41, 5.74) is 3.52. The highest BCUT2D eigenvalue weighted by Crippen LogP contribution is 2.38. The largest absolute Gasteiger partial charge is 0.293 e. The summed E-state index contributed by atoms with van der Waals surface area (Å²) < 4.78 is 0. The first kappa shape index (κ1) is 19.2. The summed E-state index contributed by atoms with van der Waals surface area (Å²) in [5, 5.41) is 14.6. The van der Waals surface area contributed by atoms with E-state index in [4.69, 9.17) is 0 Å². The molecule has 4 aromatic rings. The molecule has 144 valence electrons. The summed E-state index contributed by atoms with van der Waals surface area (Å²) in [5.74, 6) is -0.0474. The maximum Gasteiger partial charge on any atom is 0.270 e. The van der Waals surface area contributed by atoms with Crippen LogP contribution in [0.25, 0.3) is 21.3 Å². The zero-order valence-corrected chi connectivity index (χ0v) is 17.0. The molecule has 4 rings (SSSR count). The minimum Gasteiger partial charge on any atom is -0.293 e. The van der Waals surface area contributed by atoms with Crippen LogP contribution in [0, 0.1) is 17.0 Å². The topological polar surface area (TPSA) is 86.0 Å². The number of aromatic nitrogens is 2. The van der Waals surface area contributed by atoms with Gasteiger partial charge in [-0.1, -0.05) is 53.7 Å². The molecule has 2 aromatic carbocycles. The predicted octanol–water partition coefficient (Wildman–Crippen LogP) is 5.55. The fourth-order valence-electron chi connectivity index (χ4n) is 2.91. The number of Topliss-reactive ketones (excluding diaryl/α,β-unsaturated/α-hetero) is 1. The van der Waals surface area contributed by atoms with Gasteiger partial charge in [-0.05, 0) is 12.5 Å². The average molecular weight is 422 g/mol. The number of aryl methyl sites for hydroxylation is 1. The third-order valence-electron chi connectivity index (χ3n) is 4.42. The van der Waals surface area contributed by atoms with Crippen LogP contribution in [0.2, 0.25) is 0 Å². The van der Waals surface area contributed by atoms with E-state index in [1.165, 1.54) is 53.2 Å². The van der Waals surface area contributed by atoms with Crippen molar-refractivity contribution in [1.82, 2.24) is 9.97 Å². The number of hydrogen-bond acceptors (Lipinski definition) is 7. The maximum absolute atomic E-state index is 12.6. The molecule has 0 saturated carbocycles. The molecule has 0 radical (unpaired) electrons. The number of ketones is 1. The van der Waals surface area contributed by atoms with Crippen molar-refractivity contribution in [2.24, 2.45) is 0 Å². The SMILES string of the molecule is Cc1ccc(-c2csc3ncnc(SCC(=O)c4cccc([N+](=O)[O-])c4)c23)cc1. The number of fused-ring (bicyclic) bond motifs is 1. The van der Waals surface area contributed by atoms with Crippen LogP contribution in [0.15, 0.2) is 65.3 Å². The molecule has 0 unspecified atom stereocenters. The lowest BCUT2D eigenvalue weighted by Gasteiger charge is -2.06. The van der Waals surface area contributed by atoms with E-state index in [0.29, 0.717) is 5.56 Å². The average Bonchev–Trinajstić information content (AvgIpc) is 3.17. The van der Waals surface area contributed by atoms with Gasteiger partial charge in [0, 0.05) is 28.6 Å². The van der Waals surface area contributed by atoms with E-state index in [1.807, 2.05) is 6.92 Å². The number of thiophene rings is 1. The van der Waals surface area contributed by atoms with Crippen molar-refractivity contribution in [3.63, 3.8) is 0 Å². The summed E-state index contributed by atoms with van der Waals surface area (Å²) in [7, 11) is 0. The van der Waals surface area contributed by atoms with E-state index in [-0.39, 0.29) is 17.2 Å². The van der Waals surface area contributed by atoms with Gasteiger partial charge in [0.2, 0.25) is 0 Å². The molecule has 6 nitrogen and oxygen atoms in total. The Kier molecular flexibility index (Phi) is 5.37. The van der Waals surface area contributed by atoms with Crippen LogP contribution in [0.4, 0.5) is 5.69 Å². The van der Waals surface area contributed by atoms with Gasteiger partial charge in [0.1, 0.15) is 16.2 Å². The van der Waals surface area contributed by atoms with Gasteiger partial charge in [-0.3, -0.25) is 14.9 Å². The van der Waals surface area contributed by atoms with Crippen LogP contribution in [0.1, 0.15) is 15.9 Å². The highest BCUT2D eigenvalue weighted by Gasteiger charge is 2.16. The number of hydrogen-bond donors (Lipinski definition) is 0. The summed E-state index contributed by atoms with van der Waals surface area (Å²) >= 11 is 2.86. The highest BCUT2D eigenvalue weighted by molar-refractivity contribution is 8.00. The van der Waals surface area contributed by atoms with Crippen LogP contribution >= 0.6 is 23.1 Å². The molecular formula is C21H15N3O3S2. The van der Waals surface area contributed by atoms with Crippen molar-refractivity contribution in [2.75, 3.05) is 5.75 Å². The maximum atomic E-state index is 12.6. The summed E-state index contributed by atoms with van der Waals surface area (Å²) in [6.07, 6.45) is 1.50. The molecule has 0 N–H and O–H groups in total. The Bertz CT molecular complexity index is 1220.